The summed E-state index contributed by atoms with van der Waals surface area (Å²) in [5.74, 6) is 0. The van der Waals surface area contributed by atoms with Crippen molar-refractivity contribution in [2.45, 2.75) is 5.16 Å². The van der Waals surface area contributed by atoms with Crippen LogP contribution < -0.4 is 0 Å². The summed E-state index contributed by atoms with van der Waals surface area (Å²) < 4.78 is 22.0. The van der Waals surface area contributed by atoms with E-state index in [4.69, 9.17) is 4.55 Å². The molecule has 1 rings (SSSR count). The van der Waals surface area contributed by atoms with Crippen molar-refractivity contribution < 1.29 is 13.4 Å². The predicted molar refractivity (Wildman–Crippen MR) is 21.1 cm³/mol. The Morgan fingerprint density at radius 2 is 2.50 bits per heavy atom. The van der Waals surface area contributed by atoms with Gasteiger partial charge in [0.15, 0.2) is 0 Å². The lowest BCUT2D eigenvalue weighted by molar-refractivity contribution is 0.287. The van der Waals surface area contributed by atoms with Crippen molar-refractivity contribution in [2.75, 3.05) is 0 Å². The molecule has 0 aromatic carbocycles. The van der Waals surface area contributed by atoms with E-state index in [2.05, 4.69) is 20.2 Å². The van der Waals surface area contributed by atoms with E-state index in [9.17, 15) is 4.21 Å². The van der Waals surface area contributed by atoms with E-state index in [1.54, 1.807) is 0 Å². The molecule has 1 unspecified atom stereocenters. The Bertz CT molecular complexity index is 182. The summed E-state index contributed by atoms with van der Waals surface area (Å²) >= 11 is -2.18. The first-order valence-corrected chi connectivity index (χ1v) is 2.67. The minimum atomic E-state index is -2.18. The van der Waals surface area contributed by atoms with Gasteiger partial charge in [-0.15, -0.1) is 0 Å². The average Bonchev–Trinajstić information content (AvgIpc) is 2.12. The summed E-state index contributed by atoms with van der Waals surface area (Å²) in [4.78, 5) is 0. The lowest BCUT2D eigenvalue weighted by Gasteiger charge is -1.72. The van der Waals surface area contributed by atoms with Gasteiger partial charge < -0.3 is 0 Å². The van der Waals surface area contributed by atoms with Gasteiger partial charge >= 0.3 is 5.16 Å². The zero-order valence-electron chi connectivity index (χ0n) is 3.51. The third-order valence-corrected chi connectivity index (χ3v) is 0.907. The molecule has 0 fully saturated rings. The Kier molecular flexibility index (Phi) is 1.31. The van der Waals surface area contributed by atoms with Crippen molar-refractivity contribution in [2.24, 2.45) is 0 Å². The van der Waals surface area contributed by atoms with E-state index in [-0.39, 0.29) is 5.16 Å². The Labute approximate surface area is 46.1 Å². The second-order valence-electron chi connectivity index (χ2n) is 0.886. The van der Waals surface area contributed by atoms with Crippen LogP contribution in [0.3, 0.4) is 0 Å². The zero-order valence-corrected chi connectivity index (χ0v) is 4.33. The lowest BCUT2D eigenvalue weighted by atomic mass is 11.4. The number of rotatable bonds is 1. The molecular formula is CHN3O3S. The highest BCUT2D eigenvalue weighted by Gasteiger charge is 2.04. The molecule has 0 aliphatic heterocycles. The smallest absolute Gasteiger partial charge is 0.300 e. The normalized spacial score (nSPS) is 13.6. The van der Waals surface area contributed by atoms with Crippen molar-refractivity contribution in [3.8, 4) is 0 Å². The summed E-state index contributed by atoms with van der Waals surface area (Å²) in [6.45, 7) is 0. The average molecular weight is 135 g/mol. The van der Waals surface area contributed by atoms with Gasteiger partial charge in [0.2, 0.25) is 11.1 Å². The van der Waals surface area contributed by atoms with Gasteiger partial charge in [-0.25, -0.2) is 8.84 Å². The molecule has 1 aromatic heterocycles. The van der Waals surface area contributed by atoms with E-state index in [0.717, 1.165) is 0 Å². The quantitative estimate of drug-likeness (QED) is 0.499. The van der Waals surface area contributed by atoms with Crippen LogP contribution in [0.25, 0.3) is 0 Å². The molecule has 0 saturated heterocycles. The minimum absolute atomic E-state index is 0.315. The fourth-order valence-electron chi connectivity index (χ4n) is 0.191. The van der Waals surface area contributed by atoms with Gasteiger partial charge in [-0.1, -0.05) is 5.10 Å². The van der Waals surface area contributed by atoms with E-state index in [0.29, 0.717) is 0 Å². The Morgan fingerprint density at radius 1 is 1.75 bits per heavy atom. The molecule has 1 atom stereocenters. The molecule has 0 aliphatic rings. The van der Waals surface area contributed by atoms with Crippen LogP contribution in [0.4, 0.5) is 0 Å². The molecule has 8 heavy (non-hydrogen) atoms. The molecule has 1 heterocycles. The third-order valence-electron chi connectivity index (χ3n) is 0.438. The van der Waals surface area contributed by atoms with Crippen LogP contribution in [-0.2, 0) is 11.1 Å². The molecular weight excluding hydrogens is 134 g/mol. The largest absolute Gasteiger partial charge is 0.309 e. The standard InChI is InChI=1S/CHN3O3S/c5-8(6)1-2-4-7-3-1/h(H,5,6). The van der Waals surface area contributed by atoms with E-state index in [1.807, 2.05) is 0 Å². The van der Waals surface area contributed by atoms with Crippen molar-refractivity contribution in [3.63, 3.8) is 0 Å². The first-order chi connectivity index (χ1) is 3.80. The van der Waals surface area contributed by atoms with Crippen molar-refractivity contribution in [1.29, 1.82) is 0 Å². The van der Waals surface area contributed by atoms with Crippen molar-refractivity contribution >= 4 is 11.1 Å². The monoisotopic (exact) mass is 135 g/mol. The van der Waals surface area contributed by atoms with Gasteiger partial charge in [-0.2, -0.15) is 0 Å². The molecule has 0 spiro atoms. The highest BCUT2D eigenvalue weighted by molar-refractivity contribution is 7.79. The van der Waals surface area contributed by atoms with Crippen molar-refractivity contribution in [3.05, 3.63) is 0 Å². The Morgan fingerprint density at radius 3 is 2.75 bits per heavy atom. The molecule has 0 amide bonds. The molecule has 1 aromatic rings. The third kappa shape index (κ3) is 0.873. The molecule has 0 bridgehead atoms. The maximum Gasteiger partial charge on any atom is 0.309 e. The highest BCUT2D eigenvalue weighted by Crippen LogP contribution is 1.87. The summed E-state index contributed by atoms with van der Waals surface area (Å²) in [5.41, 5.74) is 0. The maximum absolute atomic E-state index is 9.95. The molecule has 0 saturated carbocycles. The summed E-state index contributed by atoms with van der Waals surface area (Å²) in [5, 5.41) is 8.55. The number of aromatic nitrogens is 3. The Balaban J connectivity index is 2.93. The summed E-state index contributed by atoms with van der Waals surface area (Å²) in [7, 11) is 0. The summed E-state index contributed by atoms with van der Waals surface area (Å²) in [6, 6.07) is 0. The number of hydrogen-bond donors (Lipinski definition) is 1. The van der Waals surface area contributed by atoms with Crippen LogP contribution in [0.5, 0.6) is 0 Å². The fourth-order valence-corrected chi connectivity index (χ4v) is 0.392. The fraction of sp³-hybridized carbons (Fsp3) is 0. The molecule has 44 valence electrons. The first-order valence-electron chi connectivity index (χ1n) is 1.57. The van der Waals surface area contributed by atoms with Gasteiger partial charge in [0, 0.05) is 0 Å². The zero-order chi connectivity index (χ0) is 5.98. The molecule has 0 aliphatic carbocycles. The molecule has 6 nitrogen and oxygen atoms in total. The SMILES string of the molecule is O=S(O)c1nnon1. The van der Waals surface area contributed by atoms with E-state index < -0.39 is 11.1 Å². The van der Waals surface area contributed by atoms with Crippen LogP contribution >= 0.6 is 0 Å². The number of nitrogens with zero attached hydrogens (tertiary/aromatic N) is 3. The Hall–Kier alpha value is -0.820. The van der Waals surface area contributed by atoms with Crippen molar-refractivity contribution in [1.82, 2.24) is 15.5 Å². The summed E-state index contributed by atoms with van der Waals surface area (Å²) in [6.07, 6.45) is 0. The minimum Gasteiger partial charge on any atom is -0.300 e. The molecule has 1 N–H and O–H groups in total. The van der Waals surface area contributed by atoms with Crippen LogP contribution in [0, 0.1) is 0 Å². The second-order valence-corrected chi connectivity index (χ2v) is 1.75. The predicted octanol–water partition coefficient (Wildman–Crippen LogP) is -0.955. The van der Waals surface area contributed by atoms with Gasteiger partial charge in [0.05, 0.1) is 5.27 Å². The van der Waals surface area contributed by atoms with Crippen LogP contribution in [0.2, 0.25) is 0 Å². The molecule has 0 radical (unpaired) electrons. The second kappa shape index (κ2) is 1.97. The first kappa shape index (κ1) is 5.32. The molecule has 7 heteroatoms. The van der Waals surface area contributed by atoms with E-state index >= 15 is 0 Å². The van der Waals surface area contributed by atoms with Gasteiger partial charge in [0.1, 0.15) is 0 Å². The van der Waals surface area contributed by atoms with Crippen LogP contribution in [0.1, 0.15) is 0 Å². The van der Waals surface area contributed by atoms with Gasteiger partial charge in [-0.05, 0) is 5.16 Å². The van der Waals surface area contributed by atoms with E-state index in [1.165, 1.54) is 0 Å². The highest BCUT2D eigenvalue weighted by atomic mass is 32.2. The van der Waals surface area contributed by atoms with Crippen LogP contribution in [-0.4, -0.2) is 24.3 Å². The van der Waals surface area contributed by atoms with Gasteiger partial charge in [-0.3, -0.25) is 4.55 Å². The topological polar surface area (TPSA) is 89.1 Å². The maximum atomic E-state index is 9.95. The van der Waals surface area contributed by atoms with Crippen LogP contribution in [0.15, 0.2) is 9.79 Å². The van der Waals surface area contributed by atoms with Gasteiger partial charge in [0.25, 0.3) is 0 Å². The lowest BCUT2D eigenvalue weighted by Crippen LogP contribution is -1.89. The number of hydrogen-bond acceptors (Lipinski definition) is 5.